The van der Waals surface area contributed by atoms with E-state index < -0.39 is 11.9 Å². The van der Waals surface area contributed by atoms with Gasteiger partial charge in [0.05, 0.1) is 18.4 Å². The number of aliphatic imine (C=N–C) groups is 2. The minimum absolute atomic E-state index is 0.267. The first-order chi connectivity index (χ1) is 7.22. The van der Waals surface area contributed by atoms with E-state index >= 15 is 0 Å². The van der Waals surface area contributed by atoms with E-state index in [-0.39, 0.29) is 5.91 Å². The zero-order valence-electron chi connectivity index (χ0n) is 8.01. The molecule has 0 bridgehead atoms. The molecule has 1 aliphatic carbocycles. The summed E-state index contributed by atoms with van der Waals surface area (Å²) in [7, 11) is 1.30. The number of hydrogen-bond donors (Lipinski definition) is 0. The number of hydrogen-bond acceptors (Lipinski definition) is 4. The average Bonchev–Trinajstić information content (AvgIpc) is 2.28. The Bertz CT molecular complexity index is 444. The second-order valence-electron chi connectivity index (χ2n) is 3.06. The molecule has 2 rings (SSSR count). The normalized spacial score (nSPS) is 23.0. The maximum atomic E-state index is 11.3. The number of methoxy groups -OCH3 is 1. The van der Waals surface area contributed by atoms with Gasteiger partial charge >= 0.3 is 5.97 Å². The lowest BCUT2D eigenvalue weighted by Gasteiger charge is -2.16. The van der Waals surface area contributed by atoms with Crippen molar-refractivity contribution in [3.8, 4) is 0 Å². The number of allylic oxidation sites excluding steroid dienone is 1. The Kier molecular flexibility index (Phi) is 2.29. The predicted molar refractivity (Wildman–Crippen MR) is 53.7 cm³/mol. The highest BCUT2D eigenvalue weighted by Crippen LogP contribution is 2.18. The third-order valence-electron chi connectivity index (χ3n) is 2.17. The van der Waals surface area contributed by atoms with Gasteiger partial charge in [0.1, 0.15) is 12.3 Å². The molecule has 2 aliphatic rings. The van der Waals surface area contributed by atoms with E-state index in [1.165, 1.54) is 13.4 Å². The van der Waals surface area contributed by atoms with Crippen LogP contribution < -0.4 is 0 Å². The van der Waals surface area contributed by atoms with E-state index in [1.54, 1.807) is 18.2 Å². The molecule has 5 nitrogen and oxygen atoms in total. The molecule has 0 radical (unpaired) electrons. The first kappa shape index (κ1) is 9.51. The Morgan fingerprint density at radius 3 is 3.07 bits per heavy atom. The Morgan fingerprint density at radius 1 is 1.53 bits per heavy atom. The summed E-state index contributed by atoms with van der Waals surface area (Å²) in [6.07, 6.45) is 5.89. The van der Waals surface area contributed by atoms with E-state index in [0.29, 0.717) is 11.3 Å². The van der Waals surface area contributed by atoms with Crippen LogP contribution in [0.4, 0.5) is 0 Å². The van der Waals surface area contributed by atoms with Crippen LogP contribution in [-0.2, 0) is 14.3 Å². The van der Waals surface area contributed by atoms with Gasteiger partial charge in [-0.25, -0.2) is 14.8 Å². The van der Waals surface area contributed by atoms with Gasteiger partial charge in [-0.05, 0) is 6.08 Å². The molecule has 0 aromatic carbocycles. The first-order valence-electron chi connectivity index (χ1n) is 4.34. The van der Waals surface area contributed by atoms with Crippen molar-refractivity contribution in [1.82, 2.24) is 0 Å². The molecule has 0 fully saturated rings. The van der Waals surface area contributed by atoms with Crippen molar-refractivity contribution in [3.05, 3.63) is 23.8 Å². The minimum atomic E-state index is -0.455. The van der Waals surface area contributed by atoms with Gasteiger partial charge in [0, 0.05) is 0 Å². The number of amides is 1. The Morgan fingerprint density at radius 2 is 2.33 bits per heavy atom. The van der Waals surface area contributed by atoms with Gasteiger partial charge < -0.3 is 4.74 Å². The van der Waals surface area contributed by atoms with E-state index in [4.69, 9.17) is 0 Å². The highest BCUT2D eigenvalue weighted by atomic mass is 16.5. The summed E-state index contributed by atoms with van der Waals surface area (Å²) in [5.41, 5.74) is 0.911. The highest BCUT2D eigenvalue weighted by Gasteiger charge is 2.26. The van der Waals surface area contributed by atoms with Crippen molar-refractivity contribution in [1.29, 1.82) is 0 Å². The molecule has 1 aliphatic heterocycles. The summed E-state index contributed by atoms with van der Waals surface area (Å²) in [6.45, 7) is 0. The van der Waals surface area contributed by atoms with Crippen LogP contribution >= 0.6 is 0 Å². The maximum absolute atomic E-state index is 11.3. The SMILES string of the molecule is COC(=O)C1=CC2=NC=NC(=O)[C@H]2C=C1. The number of fused-ring (bicyclic) bond motifs is 1. The third kappa shape index (κ3) is 1.63. The van der Waals surface area contributed by atoms with Crippen LogP contribution in [0.25, 0.3) is 0 Å². The molecule has 5 heteroatoms. The van der Waals surface area contributed by atoms with Crippen LogP contribution in [0.5, 0.6) is 0 Å². The molecule has 1 amide bonds. The molecule has 0 unspecified atom stereocenters. The highest BCUT2D eigenvalue weighted by molar-refractivity contribution is 6.20. The molecule has 0 aromatic rings. The molecule has 1 atom stereocenters. The molecule has 0 saturated heterocycles. The fourth-order valence-electron chi connectivity index (χ4n) is 1.40. The summed E-state index contributed by atoms with van der Waals surface area (Å²) >= 11 is 0. The van der Waals surface area contributed by atoms with E-state index in [9.17, 15) is 9.59 Å². The van der Waals surface area contributed by atoms with Crippen molar-refractivity contribution < 1.29 is 14.3 Å². The lowest BCUT2D eigenvalue weighted by Crippen LogP contribution is -2.26. The van der Waals surface area contributed by atoms with Gasteiger partial charge in [-0.1, -0.05) is 12.2 Å². The number of carbonyl (C=O) groups excluding carboxylic acids is 2. The standard InChI is InChI=1S/C10H8N2O3/c1-15-10(14)6-2-3-7-8(4-6)11-5-12-9(7)13/h2-5,7H,1H3/t7-/m0/s1. The van der Waals surface area contributed by atoms with Gasteiger partial charge in [-0.3, -0.25) is 4.79 Å². The van der Waals surface area contributed by atoms with Gasteiger partial charge in [-0.15, -0.1) is 0 Å². The molecule has 0 N–H and O–H groups in total. The zero-order valence-corrected chi connectivity index (χ0v) is 8.01. The summed E-state index contributed by atoms with van der Waals surface area (Å²) in [4.78, 5) is 30.0. The molecule has 0 spiro atoms. The van der Waals surface area contributed by atoms with Gasteiger partial charge in [0.2, 0.25) is 0 Å². The van der Waals surface area contributed by atoms with Crippen molar-refractivity contribution >= 4 is 23.9 Å². The topological polar surface area (TPSA) is 68.1 Å². The Balaban J connectivity index is 2.33. The monoisotopic (exact) mass is 204 g/mol. The zero-order chi connectivity index (χ0) is 10.8. The van der Waals surface area contributed by atoms with Gasteiger partial charge in [0.25, 0.3) is 5.91 Å². The van der Waals surface area contributed by atoms with Crippen molar-refractivity contribution in [2.24, 2.45) is 15.9 Å². The molecule has 1 heterocycles. The van der Waals surface area contributed by atoms with E-state index in [0.717, 1.165) is 0 Å². The van der Waals surface area contributed by atoms with Gasteiger partial charge in [-0.2, -0.15) is 0 Å². The number of esters is 1. The molecule has 15 heavy (non-hydrogen) atoms. The number of nitrogens with zero attached hydrogens (tertiary/aromatic N) is 2. The lowest BCUT2D eigenvalue weighted by molar-refractivity contribution is -0.135. The number of carbonyl (C=O) groups is 2. The molecule has 76 valence electrons. The first-order valence-corrected chi connectivity index (χ1v) is 4.34. The van der Waals surface area contributed by atoms with Crippen molar-refractivity contribution in [2.75, 3.05) is 7.11 Å². The summed E-state index contributed by atoms with van der Waals surface area (Å²) in [5.74, 6) is -1.16. The lowest BCUT2D eigenvalue weighted by atomic mass is 9.93. The fourth-order valence-corrected chi connectivity index (χ4v) is 1.40. The summed E-state index contributed by atoms with van der Waals surface area (Å²) in [5, 5.41) is 0. The molecule has 0 aromatic heterocycles. The fraction of sp³-hybridized carbons (Fsp3) is 0.200. The second kappa shape index (κ2) is 3.61. The van der Waals surface area contributed by atoms with Crippen LogP contribution in [0.2, 0.25) is 0 Å². The average molecular weight is 204 g/mol. The van der Waals surface area contributed by atoms with E-state index in [2.05, 4.69) is 14.7 Å². The number of rotatable bonds is 1. The maximum Gasteiger partial charge on any atom is 0.337 e. The third-order valence-corrected chi connectivity index (χ3v) is 2.17. The minimum Gasteiger partial charge on any atom is -0.465 e. The number of ether oxygens (including phenoxy) is 1. The quantitative estimate of drug-likeness (QED) is 0.576. The predicted octanol–water partition coefficient (Wildman–Crippen LogP) is 0.281. The van der Waals surface area contributed by atoms with Crippen LogP contribution in [0.1, 0.15) is 0 Å². The summed E-state index contributed by atoms with van der Waals surface area (Å²) < 4.78 is 4.56. The van der Waals surface area contributed by atoms with Crippen LogP contribution in [0, 0.1) is 5.92 Å². The molecule has 0 saturated carbocycles. The summed E-state index contributed by atoms with van der Waals surface area (Å²) in [6, 6.07) is 0. The Hall–Kier alpha value is -2.04. The smallest absolute Gasteiger partial charge is 0.337 e. The van der Waals surface area contributed by atoms with Gasteiger partial charge in [0.15, 0.2) is 0 Å². The van der Waals surface area contributed by atoms with Crippen molar-refractivity contribution in [2.45, 2.75) is 0 Å². The van der Waals surface area contributed by atoms with Crippen molar-refractivity contribution in [3.63, 3.8) is 0 Å². The van der Waals surface area contributed by atoms with E-state index in [1.807, 2.05) is 0 Å². The Labute approximate surface area is 85.9 Å². The molecular formula is C10H8N2O3. The second-order valence-corrected chi connectivity index (χ2v) is 3.06. The van der Waals surface area contributed by atoms with Crippen LogP contribution in [0.3, 0.4) is 0 Å². The largest absolute Gasteiger partial charge is 0.465 e. The van der Waals surface area contributed by atoms with Crippen LogP contribution in [0.15, 0.2) is 33.8 Å². The van der Waals surface area contributed by atoms with Crippen LogP contribution in [-0.4, -0.2) is 31.0 Å². The molecular weight excluding hydrogens is 196 g/mol.